The van der Waals surface area contributed by atoms with E-state index in [1.807, 2.05) is 39.0 Å². The van der Waals surface area contributed by atoms with E-state index in [4.69, 9.17) is 9.97 Å². The fraction of sp³-hybridized carbons (Fsp3) is 0.596. The first-order valence-electron chi connectivity index (χ1n) is 20.2. The van der Waals surface area contributed by atoms with Crippen LogP contribution in [0.25, 0.3) is 32.2 Å². The fourth-order valence-corrected chi connectivity index (χ4v) is 20.1. The number of hydrogen-bond donors (Lipinski definition) is 1. The van der Waals surface area contributed by atoms with Crippen molar-refractivity contribution in [3.63, 3.8) is 0 Å². The van der Waals surface area contributed by atoms with Crippen molar-refractivity contribution in [1.82, 2.24) is 9.97 Å². The first-order chi connectivity index (χ1) is 24.5. The average Bonchev–Trinajstić information content (AvgIpc) is 3.45. The molecule has 5 rings (SSSR count). The third-order valence-corrected chi connectivity index (χ3v) is 19.9. The van der Waals surface area contributed by atoms with E-state index in [0.29, 0.717) is 0 Å². The van der Waals surface area contributed by atoms with Crippen molar-refractivity contribution < 1.29 is 30.0 Å². The summed E-state index contributed by atoms with van der Waals surface area (Å²) in [5.74, 6) is 0.547. The molecule has 7 heteroatoms. The maximum Gasteiger partial charge on any atom is 0.162 e. The normalized spacial score (nSPS) is 14.6. The van der Waals surface area contributed by atoms with Crippen LogP contribution in [-0.4, -0.2) is 28.9 Å². The Morgan fingerprint density at radius 3 is 1.87 bits per heavy atom. The van der Waals surface area contributed by atoms with Gasteiger partial charge in [0.25, 0.3) is 0 Å². The Bertz CT molecular complexity index is 1890. The van der Waals surface area contributed by atoms with Gasteiger partial charge in [-0.1, -0.05) is 139 Å². The zero-order chi connectivity index (χ0) is 39.7. The van der Waals surface area contributed by atoms with Gasteiger partial charge in [0.05, 0.1) is 5.76 Å². The van der Waals surface area contributed by atoms with Gasteiger partial charge in [0, 0.05) is 49.1 Å². The minimum Gasteiger partial charge on any atom is -0.512 e. The van der Waals surface area contributed by atoms with Gasteiger partial charge in [0.1, 0.15) is 19.2 Å². The van der Waals surface area contributed by atoms with Crippen molar-refractivity contribution in [2.24, 2.45) is 28.1 Å². The Labute approximate surface area is 346 Å². The van der Waals surface area contributed by atoms with Crippen molar-refractivity contribution in [3.05, 3.63) is 65.7 Å². The maximum atomic E-state index is 11.7. The SMILES string of the molecule is CC(C)(C)C[Si](CC(C)(C)C)(CC(C)(C)C)c1sc2ncnc3c2c1C(C)(C)c1cc2ccccc2[c-]c1-3.CCC(CC)C(=O)/C=C(\O)C(CC)CC.[Ir]. The van der Waals surface area contributed by atoms with E-state index in [-0.39, 0.29) is 65.1 Å². The van der Waals surface area contributed by atoms with Gasteiger partial charge in [-0.15, -0.1) is 34.9 Å². The molecule has 2 heterocycles. The van der Waals surface area contributed by atoms with Crippen LogP contribution < -0.4 is 4.50 Å². The van der Waals surface area contributed by atoms with Gasteiger partial charge in [-0.2, -0.15) is 0 Å². The first-order valence-corrected chi connectivity index (χ1v) is 23.6. The molecule has 1 aliphatic rings. The molecule has 4 nitrogen and oxygen atoms in total. The number of allylic oxidation sites excluding steroid dienone is 2. The molecule has 0 saturated carbocycles. The molecule has 4 aromatic rings. The van der Waals surface area contributed by atoms with Gasteiger partial charge in [0.15, 0.2) is 5.78 Å². The minimum atomic E-state index is -2.04. The molecular weight excluding hydrogens is 877 g/mol. The summed E-state index contributed by atoms with van der Waals surface area (Å²) in [5, 5.41) is 13.5. The van der Waals surface area contributed by atoms with E-state index < -0.39 is 8.07 Å². The van der Waals surface area contributed by atoms with E-state index in [1.54, 1.807) is 10.8 Å². The molecule has 2 aromatic carbocycles. The molecule has 0 spiro atoms. The van der Waals surface area contributed by atoms with Crippen molar-refractivity contribution in [3.8, 4) is 11.3 Å². The smallest absolute Gasteiger partial charge is 0.162 e. The number of thiophene rings is 1. The second-order valence-electron chi connectivity index (χ2n) is 20.0. The van der Waals surface area contributed by atoms with Crippen molar-refractivity contribution in [2.45, 2.75) is 153 Å². The van der Waals surface area contributed by atoms with Crippen LogP contribution in [0.2, 0.25) is 18.1 Å². The zero-order valence-corrected chi connectivity index (χ0v) is 40.3. The largest absolute Gasteiger partial charge is 0.512 e. The Morgan fingerprint density at radius 2 is 1.37 bits per heavy atom. The summed E-state index contributed by atoms with van der Waals surface area (Å²) in [6, 6.07) is 18.7. The van der Waals surface area contributed by atoms with Gasteiger partial charge < -0.3 is 5.11 Å². The van der Waals surface area contributed by atoms with E-state index >= 15 is 0 Å². The van der Waals surface area contributed by atoms with Gasteiger partial charge in [0.2, 0.25) is 0 Å². The number of aromatic nitrogens is 2. The second-order valence-corrected chi connectivity index (χ2v) is 25.5. The van der Waals surface area contributed by atoms with Crippen molar-refractivity contribution in [2.75, 3.05) is 0 Å². The molecule has 1 radical (unpaired) electrons. The zero-order valence-electron chi connectivity index (χ0n) is 36.1. The number of carbonyl (C=O) groups excluding carboxylic acids is 1. The standard InChI is InChI=1S/C34H45N2SSi.C13H24O2.Ir/c1-31(2,3)18-38(19-32(4,5)6,20-33(7,8)9)30-27-26-28(35-21-36-29(26)37-30)24-16-22-14-12-13-15-23(22)17-25(24)34(27,10)11;1-5-10(6-2)12(14)9-13(15)11(7-3)8-4;/h12-15,17,21H,18-20H2,1-11H3;9-11,14H,5-8H2,1-4H3;/q-1;;/b;12-9-;. The van der Waals surface area contributed by atoms with Crippen molar-refractivity contribution in [1.29, 1.82) is 0 Å². The minimum absolute atomic E-state index is 0. The van der Waals surface area contributed by atoms with Gasteiger partial charge in [-0.25, -0.2) is 4.98 Å². The quantitative estimate of drug-likeness (QED) is 0.0704. The third kappa shape index (κ3) is 10.4. The van der Waals surface area contributed by atoms with E-state index in [0.717, 1.165) is 47.2 Å². The first kappa shape index (κ1) is 46.2. The third-order valence-electron chi connectivity index (χ3n) is 11.0. The topological polar surface area (TPSA) is 63.1 Å². The summed E-state index contributed by atoms with van der Waals surface area (Å²) < 4.78 is 1.68. The predicted molar refractivity (Wildman–Crippen MR) is 233 cm³/mol. The summed E-state index contributed by atoms with van der Waals surface area (Å²) in [7, 11) is -2.04. The predicted octanol–water partition coefficient (Wildman–Crippen LogP) is 13.6. The number of fused-ring (bicyclic) bond motifs is 3. The van der Waals surface area contributed by atoms with Crippen LogP contribution >= 0.6 is 11.3 Å². The number of nitrogens with zero attached hydrogens (tertiary/aromatic N) is 2. The van der Waals surface area contributed by atoms with E-state index in [9.17, 15) is 9.90 Å². The fourth-order valence-electron chi connectivity index (χ4n) is 9.33. The Morgan fingerprint density at radius 1 is 0.852 bits per heavy atom. The molecule has 0 bridgehead atoms. The summed E-state index contributed by atoms with van der Waals surface area (Å²) >= 11 is 2.01. The second kappa shape index (κ2) is 17.5. The summed E-state index contributed by atoms with van der Waals surface area (Å²) in [6.45, 7) is 35.0. The number of aliphatic hydroxyl groups is 1. The molecule has 1 N–H and O–H groups in total. The summed E-state index contributed by atoms with van der Waals surface area (Å²) in [4.78, 5) is 22.8. The number of benzene rings is 2. The monoisotopic (exact) mass is 946 g/mol. The molecule has 0 amide bonds. The Kier molecular flexibility index (Phi) is 15.0. The molecule has 0 fully saturated rings. The molecule has 0 atom stereocenters. The molecule has 2 aromatic heterocycles. The van der Waals surface area contributed by atoms with Crippen LogP contribution in [0.15, 0.2) is 48.5 Å². The molecule has 0 unspecified atom stereocenters. The number of aliphatic hydroxyl groups excluding tert-OH is 1. The van der Waals surface area contributed by atoms with Crippen LogP contribution in [0, 0.1) is 34.1 Å². The van der Waals surface area contributed by atoms with E-state index in [2.05, 4.69) is 113 Å². The number of hydrogen-bond acceptors (Lipinski definition) is 5. The maximum absolute atomic E-state index is 11.7. The summed E-state index contributed by atoms with van der Waals surface area (Å²) in [6.07, 6.45) is 6.69. The van der Waals surface area contributed by atoms with Crippen molar-refractivity contribution >= 4 is 50.7 Å². The molecular formula is C47H69IrN2O2SSi-. The summed E-state index contributed by atoms with van der Waals surface area (Å²) in [5.41, 5.74) is 5.72. The van der Waals surface area contributed by atoms with Crippen LogP contribution in [0.5, 0.6) is 0 Å². The molecule has 54 heavy (non-hydrogen) atoms. The Balaban J connectivity index is 0.000000418. The molecule has 0 aliphatic heterocycles. The van der Waals surface area contributed by atoms with Crippen LogP contribution in [0.3, 0.4) is 0 Å². The van der Waals surface area contributed by atoms with Crippen LogP contribution in [-0.2, 0) is 30.3 Å². The number of carbonyl (C=O) groups is 1. The van der Waals surface area contributed by atoms with Gasteiger partial charge in [-0.3, -0.25) is 9.78 Å². The van der Waals surface area contributed by atoms with Gasteiger partial charge in [-0.05, 0) is 75.5 Å². The van der Waals surface area contributed by atoms with Crippen LogP contribution in [0.4, 0.5) is 0 Å². The number of rotatable bonds is 11. The number of ketones is 1. The Hall–Kier alpha value is -2.18. The van der Waals surface area contributed by atoms with Gasteiger partial charge >= 0.3 is 0 Å². The molecule has 0 saturated heterocycles. The molecule has 1 aliphatic carbocycles. The average molecular weight is 946 g/mol. The van der Waals surface area contributed by atoms with E-state index in [1.165, 1.54) is 46.1 Å². The molecule has 299 valence electrons. The van der Waals surface area contributed by atoms with Crippen LogP contribution in [0.1, 0.15) is 141 Å².